The first-order valence-corrected chi connectivity index (χ1v) is 45.2. The topological polar surface area (TPSA) is 237 Å². The third kappa shape index (κ3) is 76.1. The molecule has 0 aromatic rings. The van der Waals surface area contributed by atoms with Gasteiger partial charge >= 0.3 is 39.5 Å². The second-order valence-electron chi connectivity index (χ2n) is 31.4. The van der Waals surface area contributed by atoms with E-state index in [1.807, 2.05) is 0 Å². The van der Waals surface area contributed by atoms with Gasteiger partial charge in [-0.1, -0.05) is 370 Å². The SMILES string of the molecule is CC(C)CCCCCCCCCCCCCCCCCCCCC(=O)O[C@H](COC(=O)CCCCCCCCCCCCCCCC(C)C)COP(=O)(O)OC[C@@H](O)COP(=O)(O)OC[C@@H](COC(=O)CCCCCCCCCCCC(C)C)OC(=O)CCCCCCCCCCCC(C)C. The van der Waals surface area contributed by atoms with Crippen LogP contribution in [0, 0.1) is 23.7 Å². The molecule has 19 heteroatoms. The van der Waals surface area contributed by atoms with E-state index in [1.54, 1.807) is 0 Å². The molecule has 3 N–H and O–H groups in total. The van der Waals surface area contributed by atoms with E-state index < -0.39 is 97.5 Å². The smallest absolute Gasteiger partial charge is 0.462 e. The van der Waals surface area contributed by atoms with Crippen molar-refractivity contribution < 1.29 is 80.2 Å². The van der Waals surface area contributed by atoms with E-state index >= 15 is 0 Å². The summed E-state index contributed by atoms with van der Waals surface area (Å²) in [5.41, 5.74) is 0. The maximum absolute atomic E-state index is 13.1. The third-order valence-electron chi connectivity index (χ3n) is 19.1. The van der Waals surface area contributed by atoms with Crippen molar-refractivity contribution in [2.24, 2.45) is 23.7 Å². The molecule has 0 aromatic heterocycles. The molecule has 0 aliphatic rings. The Morgan fingerprint density at radius 2 is 0.416 bits per heavy atom. The third-order valence-corrected chi connectivity index (χ3v) is 21.0. The van der Waals surface area contributed by atoms with E-state index in [0.29, 0.717) is 25.7 Å². The molecule has 0 saturated carbocycles. The summed E-state index contributed by atoms with van der Waals surface area (Å²) in [5, 5.41) is 10.6. The number of unbranched alkanes of at least 4 members (excludes halogenated alkanes) is 45. The number of aliphatic hydroxyl groups is 1. The van der Waals surface area contributed by atoms with Crippen molar-refractivity contribution in [1.82, 2.24) is 0 Å². The Morgan fingerprint density at radius 3 is 0.614 bits per heavy atom. The first-order chi connectivity index (χ1) is 48.6. The largest absolute Gasteiger partial charge is 0.472 e. The van der Waals surface area contributed by atoms with Gasteiger partial charge in [-0.2, -0.15) is 0 Å². The maximum atomic E-state index is 13.1. The fourth-order valence-corrected chi connectivity index (χ4v) is 14.2. The van der Waals surface area contributed by atoms with Gasteiger partial charge in [-0.05, 0) is 49.4 Å². The van der Waals surface area contributed by atoms with Gasteiger partial charge in [0.15, 0.2) is 12.2 Å². The Morgan fingerprint density at radius 1 is 0.248 bits per heavy atom. The zero-order valence-corrected chi connectivity index (χ0v) is 68.3. The van der Waals surface area contributed by atoms with Gasteiger partial charge in [0.05, 0.1) is 26.4 Å². The minimum absolute atomic E-state index is 0.105. The number of phosphoric acid groups is 2. The molecule has 0 amide bonds. The lowest BCUT2D eigenvalue weighted by Gasteiger charge is -2.21. The van der Waals surface area contributed by atoms with Gasteiger partial charge < -0.3 is 33.8 Å². The summed E-state index contributed by atoms with van der Waals surface area (Å²) < 4.78 is 68.7. The van der Waals surface area contributed by atoms with Gasteiger partial charge in [0, 0.05) is 25.7 Å². The van der Waals surface area contributed by atoms with E-state index in [2.05, 4.69) is 55.4 Å². The maximum Gasteiger partial charge on any atom is 0.472 e. The van der Waals surface area contributed by atoms with Gasteiger partial charge in [0.2, 0.25) is 0 Å². The van der Waals surface area contributed by atoms with Gasteiger partial charge in [-0.15, -0.1) is 0 Å². The highest BCUT2D eigenvalue weighted by Crippen LogP contribution is 2.45. The average Bonchev–Trinajstić information content (AvgIpc) is 0.942. The molecular formula is C82H160O17P2. The zero-order valence-electron chi connectivity index (χ0n) is 66.5. The van der Waals surface area contributed by atoms with Crippen molar-refractivity contribution in [3.63, 3.8) is 0 Å². The number of esters is 4. The van der Waals surface area contributed by atoms with Crippen molar-refractivity contribution in [2.45, 2.75) is 440 Å². The quantitative estimate of drug-likeness (QED) is 0.0222. The predicted molar refractivity (Wildman–Crippen MR) is 414 cm³/mol. The van der Waals surface area contributed by atoms with Crippen LogP contribution in [0.25, 0.3) is 0 Å². The van der Waals surface area contributed by atoms with E-state index in [1.165, 1.54) is 225 Å². The second kappa shape index (κ2) is 71.0. The van der Waals surface area contributed by atoms with Crippen molar-refractivity contribution in [3.05, 3.63) is 0 Å². The molecule has 0 rings (SSSR count). The number of phosphoric ester groups is 2. The number of hydrogen-bond donors (Lipinski definition) is 3. The van der Waals surface area contributed by atoms with Crippen molar-refractivity contribution in [3.8, 4) is 0 Å². The summed E-state index contributed by atoms with van der Waals surface area (Å²) in [5.74, 6) is 0.978. The fourth-order valence-electron chi connectivity index (χ4n) is 12.6. The van der Waals surface area contributed by atoms with E-state index in [4.69, 9.17) is 37.0 Å². The van der Waals surface area contributed by atoms with Crippen molar-refractivity contribution in [2.75, 3.05) is 39.6 Å². The Hall–Kier alpha value is -1.94. The normalized spacial score (nSPS) is 14.0. The van der Waals surface area contributed by atoms with E-state index in [9.17, 15) is 43.2 Å². The van der Waals surface area contributed by atoms with Crippen LogP contribution in [0.3, 0.4) is 0 Å². The van der Waals surface area contributed by atoms with Crippen LogP contribution in [-0.2, 0) is 65.4 Å². The molecule has 0 aliphatic heterocycles. The molecule has 0 radical (unpaired) electrons. The monoisotopic (exact) mass is 1480 g/mol. The Kier molecular flexibility index (Phi) is 69.6. The lowest BCUT2D eigenvalue weighted by molar-refractivity contribution is -0.161. The van der Waals surface area contributed by atoms with Gasteiger partial charge in [0.25, 0.3) is 0 Å². The Bertz CT molecular complexity index is 1970. The second-order valence-corrected chi connectivity index (χ2v) is 34.3. The molecule has 0 saturated heterocycles. The lowest BCUT2D eigenvalue weighted by atomic mass is 10.0. The molecule has 17 nitrogen and oxygen atoms in total. The molecule has 2 unspecified atom stereocenters. The average molecular weight is 1480 g/mol. The molecule has 600 valence electrons. The molecule has 0 bridgehead atoms. The summed E-state index contributed by atoms with van der Waals surface area (Å²) in [7, 11) is -9.92. The van der Waals surface area contributed by atoms with Crippen LogP contribution in [0.15, 0.2) is 0 Å². The zero-order chi connectivity index (χ0) is 74.6. The molecule has 101 heavy (non-hydrogen) atoms. The van der Waals surface area contributed by atoms with Gasteiger partial charge in [0.1, 0.15) is 19.3 Å². The standard InChI is InChI=1S/C82H160O17P2/c1-72(2)58-50-42-34-26-20-16-13-11-9-10-12-14-18-23-31-40-48-56-64-81(86)98-77(68-92-79(84)62-54-46-38-30-22-19-15-17-21-27-35-43-51-59-73(3)4)70-96-100(88,89)94-66-76(83)67-95-101(90,91)97-71-78(99-82(87)65-57-49-41-33-25-29-37-45-53-61-75(7)8)69-93-80(85)63-55-47-39-32-24-28-36-44-52-60-74(5)6/h72-78,83H,9-71H2,1-8H3,(H,88,89)(H,90,91)/t76-,77-,78-/m1/s1. The van der Waals surface area contributed by atoms with E-state index in [-0.39, 0.29) is 25.7 Å². The highest BCUT2D eigenvalue weighted by atomic mass is 31.2. The van der Waals surface area contributed by atoms with Gasteiger partial charge in [-0.3, -0.25) is 37.3 Å². The number of ether oxygens (including phenoxy) is 4. The summed E-state index contributed by atoms with van der Waals surface area (Å²) in [4.78, 5) is 73.1. The number of rotatable bonds is 79. The number of hydrogen-bond acceptors (Lipinski definition) is 15. The van der Waals surface area contributed by atoms with Crippen molar-refractivity contribution in [1.29, 1.82) is 0 Å². The van der Waals surface area contributed by atoms with Crippen LogP contribution >= 0.6 is 15.6 Å². The summed E-state index contributed by atoms with van der Waals surface area (Å²) >= 11 is 0. The van der Waals surface area contributed by atoms with Crippen LogP contribution in [-0.4, -0.2) is 96.7 Å². The molecule has 0 heterocycles. The summed E-state index contributed by atoms with van der Waals surface area (Å²) in [6, 6.07) is 0. The van der Waals surface area contributed by atoms with Gasteiger partial charge in [-0.25, -0.2) is 9.13 Å². The highest BCUT2D eigenvalue weighted by molar-refractivity contribution is 7.47. The minimum atomic E-state index is -4.96. The molecule has 0 aromatic carbocycles. The van der Waals surface area contributed by atoms with Crippen LogP contribution in [0.2, 0.25) is 0 Å². The number of aliphatic hydroxyl groups excluding tert-OH is 1. The van der Waals surface area contributed by atoms with Crippen LogP contribution in [0.4, 0.5) is 0 Å². The van der Waals surface area contributed by atoms with Crippen LogP contribution in [0.1, 0.15) is 421 Å². The molecule has 0 spiro atoms. The summed E-state index contributed by atoms with van der Waals surface area (Å²) in [6.45, 7) is 14.3. The minimum Gasteiger partial charge on any atom is -0.462 e. The lowest BCUT2D eigenvalue weighted by Crippen LogP contribution is -2.30. The molecule has 5 atom stereocenters. The predicted octanol–water partition coefficient (Wildman–Crippen LogP) is 24.4. The first kappa shape index (κ1) is 99.1. The Balaban J connectivity index is 5.24. The highest BCUT2D eigenvalue weighted by Gasteiger charge is 2.30. The number of carbonyl (C=O) groups excluding carboxylic acids is 4. The first-order valence-electron chi connectivity index (χ1n) is 42.2. The molecule has 0 fully saturated rings. The van der Waals surface area contributed by atoms with Crippen LogP contribution in [0.5, 0.6) is 0 Å². The molecule has 0 aliphatic carbocycles. The van der Waals surface area contributed by atoms with Crippen LogP contribution < -0.4 is 0 Å². The number of carbonyl (C=O) groups is 4. The van der Waals surface area contributed by atoms with E-state index in [0.717, 1.165) is 114 Å². The molecular weight excluding hydrogens is 1320 g/mol. The van der Waals surface area contributed by atoms with Crippen molar-refractivity contribution >= 4 is 39.5 Å². The Labute approximate surface area is 619 Å². The fraction of sp³-hybridized carbons (Fsp3) is 0.951. The summed E-state index contributed by atoms with van der Waals surface area (Å²) in [6.07, 6.45) is 58.4.